The minimum Gasteiger partial charge on any atom is -0.516 e. The van der Waals surface area contributed by atoms with Gasteiger partial charge < -0.3 is 19.9 Å². The number of hydrogen-bond donors (Lipinski definition) is 2. The molecule has 2 aromatic heterocycles. The topological polar surface area (TPSA) is 105 Å². The van der Waals surface area contributed by atoms with Gasteiger partial charge in [-0.05, 0) is 42.3 Å². The Hall–Kier alpha value is -4.54. The molecule has 0 bridgehead atoms. The van der Waals surface area contributed by atoms with Crippen molar-refractivity contribution in [2.45, 2.75) is 26.2 Å². The summed E-state index contributed by atoms with van der Waals surface area (Å²) in [6.07, 6.45) is 1.76. The number of nitrogens with zero attached hydrogens (tertiary/aromatic N) is 5. The molecule has 5 rings (SSSR count). The fourth-order valence-corrected chi connectivity index (χ4v) is 4.75. The van der Waals surface area contributed by atoms with Crippen LogP contribution in [0.3, 0.4) is 0 Å². The number of amides is 1. The van der Waals surface area contributed by atoms with Crippen LogP contribution in [0.1, 0.15) is 42.5 Å². The van der Waals surface area contributed by atoms with Crippen molar-refractivity contribution in [1.29, 1.82) is 0 Å². The van der Waals surface area contributed by atoms with Gasteiger partial charge in [0.25, 0.3) is 11.5 Å². The Labute approximate surface area is 216 Å². The molecule has 4 aromatic rings. The van der Waals surface area contributed by atoms with Gasteiger partial charge in [-0.25, -0.2) is 13.8 Å². The number of rotatable bonds is 5. The van der Waals surface area contributed by atoms with Crippen LogP contribution >= 0.6 is 0 Å². The van der Waals surface area contributed by atoms with E-state index in [-0.39, 0.29) is 11.6 Å². The summed E-state index contributed by atoms with van der Waals surface area (Å²) >= 11 is 0. The van der Waals surface area contributed by atoms with E-state index in [1.807, 2.05) is 36.4 Å². The molecule has 196 valence electrons. The van der Waals surface area contributed by atoms with Crippen LogP contribution < -0.4 is 15.8 Å². The fourth-order valence-electron chi connectivity index (χ4n) is 4.75. The van der Waals surface area contributed by atoms with Gasteiger partial charge in [-0.2, -0.15) is 9.78 Å². The molecule has 3 heterocycles. The van der Waals surface area contributed by atoms with Crippen LogP contribution in [0, 0.1) is 11.6 Å². The number of fused-ring (bicyclic) bond motifs is 1. The van der Waals surface area contributed by atoms with Crippen LogP contribution in [0.25, 0.3) is 16.7 Å². The van der Waals surface area contributed by atoms with Crippen LogP contribution in [0.5, 0.6) is 0 Å². The van der Waals surface area contributed by atoms with E-state index in [1.54, 1.807) is 6.07 Å². The summed E-state index contributed by atoms with van der Waals surface area (Å²) in [5, 5.41) is 16.3. The lowest BCUT2D eigenvalue weighted by Gasteiger charge is -2.22. The molecule has 0 aliphatic carbocycles. The van der Waals surface area contributed by atoms with E-state index in [2.05, 4.69) is 10.4 Å². The molecule has 1 saturated heterocycles. The number of hydrogen-bond acceptors (Lipinski definition) is 6. The normalized spacial score (nSPS) is 14.7. The van der Waals surface area contributed by atoms with Crippen LogP contribution in [-0.4, -0.2) is 43.4 Å². The summed E-state index contributed by atoms with van der Waals surface area (Å²) in [7, 11) is 1.94. The largest absolute Gasteiger partial charge is 0.516 e. The fraction of sp³-hybridized carbons (Fsp3) is 0.259. The molecule has 1 amide bonds. The Bertz CT molecular complexity index is 1640. The number of anilines is 2. The summed E-state index contributed by atoms with van der Waals surface area (Å²) in [4.78, 5) is 32.6. The van der Waals surface area contributed by atoms with Crippen molar-refractivity contribution in [1.82, 2.24) is 19.3 Å². The zero-order valence-electron chi connectivity index (χ0n) is 21.1. The second-order valence-corrected chi connectivity index (χ2v) is 9.47. The van der Waals surface area contributed by atoms with Gasteiger partial charge in [-0.3, -0.25) is 9.59 Å². The van der Waals surface area contributed by atoms with Crippen LogP contribution in [0.15, 0.2) is 59.1 Å². The van der Waals surface area contributed by atoms with Gasteiger partial charge in [0, 0.05) is 32.1 Å². The number of aromatic nitrogens is 4. The van der Waals surface area contributed by atoms with E-state index in [0.29, 0.717) is 41.1 Å². The highest BCUT2D eigenvalue weighted by Gasteiger charge is 2.26. The summed E-state index contributed by atoms with van der Waals surface area (Å²) in [6.45, 7) is 5.16. The van der Waals surface area contributed by atoms with E-state index in [9.17, 15) is 23.5 Å². The zero-order chi connectivity index (χ0) is 27.1. The maximum Gasteiger partial charge on any atom is 0.276 e. The van der Waals surface area contributed by atoms with Crippen molar-refractivity contribution >= 4 is 28.3 Å². The molecule has 0 spiro atoms. The summed E-state index contributed by atoms with van der Waals surface area (Å²) in [5.74, 6) is -1.60. The summed E-state index contributed by atoms with van der Waals surface area (Å²) in [5.41, 5.74) is 1.89. The van der Waals surface area contributed by atoms with Gasteiger partial charge in [-0.15, -0.1) is 0 Å². The lowest BCUT2D eigenvalue weighted by molar-refractivity contribution is 0.102. The van der Waals surface area contributed by atoms with Gasteiger partial charge in [0.2, 0.25) is 0 Å². The van der Waals surface area contributed by atoms with Crippen molar-refractivity contribution in [2.24, 2.45) is 7.05 Å². The molecule has 1 aliphatic heterocycles. The van der Waals surface area contributed by atoms with Crippen molar-refractivity contribution in [3.63, 3.8) is 0 Å². The maximum absolute atomic E-state index is 14.3. The Balaban J connectivity index is 1.58. The average molecular weight is 521 g/mol. The van der Waals surface area contributed by atoms with Gasteiger partial charge in [0.1, 0.15) is 22.7 Å². The highest BCUT2D eigenvalue weighted by molar-refractivity contribution is 6.08. The Morgan fingerprint density at radius 2 is 1.84 bits per heavy atom. The number of aliphatic hydroxyl groups excluding tert-OH is 1. The van der Waals surface area contributed by atoms with Crippen molar-refractivity contribution in [2.75, 3.05) is 23.3 Å². The number of imidazole rings is 1. The first-order valence-electron chi connectivity index (χ1n) is 12.1. The molecule has 0 unspecified atom stereocenters. The molecule has 9 nitrogen and oxygen atoms in total. The molecule has 38 heavy (non-hydrogen) atoms. The Morgan fingerprint density at radius 3 is 2.50 bits per heavy atom. The monoisotopic (exact) mass is 520 g/mol. The molecule has 0 saturated carbocycles. The zero-order valence-corrected chi connectivity index (χ0v) is 21.1. The smallest absolute Gasteiger partial charge is 0.276 e. The lowest BCUT2D eigenvalue weighted by atomic mass is 10.2. The predicted molar refractivity (Wildman–Crippen MR) is 140 cm³/mol. The molecular weight excluding hydrogens is 494 g/mol. The van der Waals surface area contributed by atoms with Gasteiger partial charge in [-0.1, -0.05) is 19.9 Å². The van der Waals surface area contributed by atoms with Crippen LogP contribution in [0.4, 0.5) is 20.2 Å². The standard InChI is InChI=1S/C27H26F2N6O3/c1-15(2)26-31-23-21(33(26)3)9-7-19(25(23)34-12-11-16(13-34)14-36)30-27(38)20-8-10-22(37)35(32-20)24-17(28)5-4-6-18(24)29/h4-10,14-15,36H,11-13H2,1-3H3,(H,30,38)/b16-14+. The average Bonchev–Trinajstić information content (AvgIpc) is 3.49. The third kappa shape index (κ3) is 4.29. The summed E-state index contributed by atoms with van der Waals surface area (Å²) in [6, 6.07) is 9.03. The van der Waals surface area contributed by atoms with Crippen LogP contribution in [-0.2, 0) is 7.05 Å². The van der Waals surface area contributed by atoms with Crippen molar-refractivity contribution < 1.29 is 18.7 Å². The number of para-hydroxylation sites is 1. The molecule has 1 aliphatic rings. The first-order valence-corrected chi connectivity index (χ1v) is 12.1. The molecule has 2 aromatic carbocycles. The van der Waals surface area contributed by atoms with E-state index < -0.39 is 28.8 Å². The molecule has 11 heteroatoms. The Morgan fingerprint density at radius 1 is 1.11 bits per heavy atom. The molecule has 0 radical (unpaired) electrons. The number of nitrogens with one attached hydrogen (secondary N) is 1. The molecule has 0 atom stereocenters. The van der Waals surface area contributed by atoms with E-state index in [1.165, 1.54) is 12.1 Å². The predicted octanol–water partition coefficient (Wildman–Crippen LogP) is 4.43. The second kappa shape index (κ2) is 9.73. The van der Waals surface area contributed by atoms with Crippen LogP contribution in [0.2, 0.25) is 0 Å². The quantitative estimate of drug-likeness (QED) is 0.378. The van der Waals surface area contributed by atoms with E-state index in [0.717, 1.165) is 41.4 Å². The number of aryl methyl sites for hydroxylation is 1. The minimum atomic E-state index is -0.984. The molecule has 1 fully saturated rings. The van der Waals surface area contributed by atoms with Crippen molar-refractivity contribution in [3.05, 3.63) is 87.8 Å². The highest BCUT2D eigenvalue weighted by atomic mass is 19.1. The third-order valence-electron chi connectivity index (χ3n) is 6.60. The second-order valence-electron chi connectivity index (χ2n) is 9.47. The number of carbonyl (C=O) groups is 1. The highest BCUT2D eigenvalue weighted by Crippen LogP contribution is 2.38. The van der Waals surface area contributed by atoms with Gasteiger partial charge >= 0.3 is 0 Å². The Kier molecular flexibility index (Phi) is 6.43. The summed E-state index contributed by atoms with van der Waals surface area (Å²) < 4.78 is 31.2. The first-order chi connectivity index (χ1) is 18.2. The lowest BCUT2D eigenvalue weighted by Crippen LogP contribution is -2.27. The maximum atomic E-state index is 14.3. The molecular formula is C27H26F2N6O3. The van der Waals surface area contributed by atoms with E-state index in [4.69, 9.17) is 4.98 Å². The minimum absolute atomic E-state index is 0.161. The van der Waals surface area contributed by atoms with E-state index >= 15 is 0 Å². The van der Waals surface area contributed by atoms with Gasteiger partial charge in [0.05, 0.1) is 23.2 Å². The third-order valence-corrected chi connectivity index (χ3v) is 6.60. The number of halogens is 2. The number of aliphatic hydroxyl groups is 1. The molecule has 2 N–H and O–H groups in total. The van der Waals surface area contributed by atoms with Gasteiger partial charge in [0.15, 0.2) is 11.6 Å². The van der Waals surface area contributed by atoms with Crippen molar-refractivity contribution in [3.8, 4) is 5.69 Å². The number of carbonyl (C=O) groups excluding carboxylic acids is 1. The first kappa shape index (κ1) is 25.1. The SMILES string of the molecule is CC(C)c1nc2c(N3CC/C(=C\O)C3)c(NC(=O)c3ccc(=O)n(-c4c(F)cccc4F)n3)ccc2n1C. The number of benzene rings is 2.